The lowest BCUT2D eigenvalue weighted by atomic mass is 9.74. The number of carbonyl (C=O) groups excluding carboxylic acids is 2. The highest BCUT2D eigenvalue weighted by Gasteiger charge is 2.47. The SMILES string of the molecule is C/C(=C\C[C@@]1(c2cc(O)ccc2N(C)C)CCN(C)C1=O)C(=O)N[C@@H](Cc1ccccc1)C(=O)O. The molecule has 0 aromatic heterocycles. The predicted octanol–water partition coefficient (Wildman–Crippen LogP) is 2.71. The first-order chi connectivity index (χ1) is 16.5. The van der Waals surface area contributed by atoms with Crippen LogP contribution < -0.4 is 10.2 Å². The van der Waals surface area contributed by atoms with Crippen LogP contribution in [-0.2, 0) is 26.2 Å². The van der Waals surface area contributed by atoms with Crippen LogP contribution in [0.5, 0.6) is 5.75 Å². The van der Waals surface area contributed by atoms with E-state index in [9.17, 15) is 24.6 Å². The maximum absolute atomic E-state index is 13.4. The Bertz CT molecular complexity index is 1130. The molecule has 0 radical (unpaired) electrons. The number of benzene rings is 2. The third kappa shape index (κ3) is 5.65. The van der Waals surface area contributed by atoms with Crippen molar-refractivity contribution in [1.82, 2.24) is 10.2 Å². The number of hydrogen-bond acceptors (Lipinski definition) is 5. The summed E-state index contributed by atoms with van der Waals surface area (Å²) >= 11 is 0. The van der Waals surface area contributed by atoms with E-state index in [1.165, 1.54) is 0 Å². The molecular weight excluding hydrogens is 446 g/mol. The van der Waals surface area contributed by atoms with Crippen molar-refractivity contribution in [3.63, 3.8) is 0 Å². The van der Waals surface area contributed by atoms with Gasteiger partial charge in [-0.05, 0) is 49.1 Å². The number of rotatable bonds is 9. The Labute approximate surface area is 205 Å². The van der Waals surface area contributed by atoms with E-state index < -0.39 is 23.3 Å². The summed E-state index contributed by atoms with van der Waals surface area (Å²) in [7, 11) is 5.49. The molecule has 0 spiro atoms. The molecule has 0 unspecified atom stereocenters. The van der Waals surface area contributed by atoms with Gasteiger partial charge in [0.15, 0.2) is 0 Å². The van der Waals surface area contributed by atoms with Gasteiger partial charge in [-0.15, -0.1) is 0 Å². The van der Waals surface area contributed by atoms with Crippen LogP contribution in [0.1, 0.15) is 30.9 Å². The van der Waals surface area contributed by atoms with Crippen molar-refractivity contribution in [1.29, 1.82) is 0 Å². The van der Waals surface area contributed by atoms with E-state index in [0.717, 1.165) is 11.3 Å². The minimum atomic E-state index is -1.12. The maximum Gasteiger partial charge on any atom is 0.326 e. The van der Waals surface area contributed by atoms with Gasteiger partial charge in [0.1, 0.15) is 11.8 Å². The second kappa shape index (κ2) is 10.6. The topological polar surface area (TPSA) is 110 Å². The number of likely N-dealkylation sites (tertiary alicyclic amines) is 1. The number of aromatic hydroxyl groups is 1. The van der Waals surface area contributed by atoms with Crippen LogP contribution >= 0.6 is 0 Å². The van der Waals surface area contributed by atoms with Crippen molar-refractivity contribution in [2.75, 3.05) is 32.6 Å². The number of phenols is 1. The number of carboxylic acids is 1. The van der Waals surface area contributed by atoms with Crippen LogP contribution in [0.3, 0.4) is 0 Å². The molecule has 0 saturated carbocycles. The molecular formula is C27H33N3O5. The number of phenolic OH excluding ortho intramolecular Hbond substituents is 1. The minimum absolute atomic E-state index is 0.0657. The van der Waals surface area contributed by atoms with Crippen LogP contribution in [-0.4, -0.2) is 66.6 Å². The predicted molar refractivity (Wildman–Crippen MR) is 134 cm³/mol. The number of carbonyl (C=O) groups is 3. The van der Waals surface area contributed by atoms with Gasteiger partial charge >= 0.3 is 5.97 Å². The van der Waals surface area contributed by atoms with Crippen LogP contribution in [0.4, 0.5) is 5.69 Å². The summed E-state index contributed by atoms with van der Waals surface area (Å²) in [6, 6.07) is 13.0. The van der Waals surface area contributed by atoms with E-state index in [4.69, 9.17) is 0 Å². The van der Waals surface area contributed by atoms with Gasteiger partial charge < -0.3 is 25.3 Å². The fraction of sp³-hybridized carbons (Fsp3) is 0.370. The molecule has 35 heavy (non-hydrogen) atoms. The van der Waals surface area contributed by atoms with Gasteiger partial charge in [0.25, 0.3) is 0 Å². The Kier molecular flexibility index (Phi) is 7.84. The first-order valence-corrected chi connectivity index (χ1v) is 11.6. The summed E-state index contributed by atoms with van der Waals surface area (Å²) in [4.78, 5) is 41.6. The highest BCUT2D eigenvalue weighted by atomic mass is 16.4. The molecule has 8 heteroatoms. The summed E-state index contributed by atoms with van der Waals surface area (Å²) in [5.74, 6) is -1.63. The number of anilines is 1. The molecule has 0 bridgehead atoms. The molecule has 2 atom stereocenters. The molecule has 3 N–H and O–H groups in total. The maximum atomic E-state index is 13.4. The van der Waals surface area contributed by atoms with Crippen molar-refractivity contribution in [2.45, 2.75) is 37.6 Å². The molecule has 1 heterocycles. The zero-order valence-corrected chi connectivity index (χ0v) is 20.6. The summed E-state index contributed by atoms with van der Waals surface area (Å²) in [6.07, 6.45) is 2.63. The lowest BCUT2D eigenvalue weighted by molar-refractivity contribution is -0.141. The molecule has 1 fully saturated rings. The monoisotopic (exact) mass is 479 g/mol. The molecule has 2 aromatic rings. The molecule has 2 amide bonds. The molecule has 3 rings (SSSR count). The van der Waals surface area contributed by atoms with E-state index in [0.29, 0.717) is 24.1 Å². The van der Waals surface area contributed by atoms with Gasteiger partial charge in [-0.25, -0.2) is 4.79 Å². The van der Waals surface area contributed by atoms with Crippen LogP contribution in [0.25, 0.3) is 0 Å². The molecule has 1 aliphatic rings. The van der Waals surface area contributed by atoms with Crippen LogP contribution in [0.15, 0.2) is 60.2 Å². The molecule has 1 saturated heterocycles. The second-order valence-electron chi connectivity index (χ2n) is 9.30. The van der Waals surface area contributed by atoms with Gasteiger partial charge in [-0.1, -0.05) is 36.4 Å². The van der Waals surface area contributed by atoms with Gasteiger partial charge in [0.05, 0.1) is 5.41 Å². The zero-order chi connectivity index (χ0) is 25.8. The lowest BCUT2D eigenvalue weighted by Crippen LogP contribution is -2.42. The van der Waals surface area contributed by atoms with Crippen molar-refractivity contribution >= 4 is 23.5 Å². The van der Waals surface area contributed by atoms with E-state index in [1.807, 2.05) is 49.3 Å². The van der Waals surface area contributed by atoms with E-state index >= 15 is 0 Å². The molecule has 0 aliphatic carbocycles. The van der Waals surface area contributed by atoms with Crippen LogP contribution in [0.2, 0.25) is 0 Å². The Morgan fingerprint density at radius 1 is 1.20 bits per heavy atom. The summed E-state index contributed by atoms with van der Waals surface area (Å²) < 4.78 is 0. The largest absolute Gasteiger partial charge is 0.508 e. The minimum Gasteiger partial charge on any atom is -0.508 e. The van der Waals surface area contributed by atoms with Crippen molar-refractivity contribution in [3.8, 4) is 5.75 Å². The Balaban J connectivity index is 1.87. The summed E-state index contributed by atoms with van der Waals surface area (Å²) in [5, 5.41) is 22.4. The summed E-state index contributed by atoms with van der Waals surface area (Å²) in [5.41, 5.74) is 1.72. The number of amides is 2. The number of hydrogen-bond donors (Lipinski definition) is 3. The quantitative estimate of drug-likeness (QED) is 0.477. The van der Waals surface area contributed by atoms with Crippen molar-refractivity contribution in [3.05, 3.63) is 71.3 Å². The molecule has 2 aromatic carbocycles. The standard InChI is InChI=1S/C27H33N3O5/c1-18(24(32)28-22(25(33)34)16-19-8-6-5-7-9-19)12-13-27(14-15-30(4)26(27)35)21-17-20(31)10-11-23(21)29(2)3/h5-12,17,22,31H,13-16H2,1-4H3,(H,28,32)(H,33,34)/b18-12+/t22-,27-/m0/s1. The molecule has 8 nitrogen and oxygen atoms in total. The van der Waals surface area contributed by atoms with Crippen molar-refractivity contribution in [2.24, 2.45) is 0 Å². The van der Waals surface area contributed by atoms with Gasteiger partial charge in [0.2, 0.25) is 11.8 Å². The number of nitrogens with one attached hydrogen (secondary N) is 1. The molecule has 1 aliphatic heterocycles. The Morgan fingerprint density at radius 2 is 1.89 bits per heavy atom. The first-order valence-electron chi connectivity index (χ1n) is 11.6. The van der Waals surface area contributed by atoms with Crippen LogP contribution in [0, 0.1) is 0 Å². The highest BCUT2D eigenvalue weighted by Crippen LogP contribution is 2.44. The molecule has 186 valence electrons. The first kappa shape index (κ1) is 25.8. The zero-order valence-electron chi connectivity index (χ0n) is 20.6. The number of carboxylic acid groups (broad SMARTS) is 1. The number of allylic oxidation sites excluding steroid dienone is 1. The third-order valence-electron chi connectivity index (χ3n) is 6.61. The fourth-order valence-electron chi connectivity index (χ4n) is 4.52. The summed E-state index contributed by atoms with van der Waals surface area (Å²) in [6.45, 7) is 2.17. The Morgan fingerprint density at radius 3 is 2.46 bits per heavy atom. The lowest BCUT2D eigenvalue weighted by Gasteiger charge is -2.31. The van der Waals surface area contributed by atoms with Gasteiger partial charge in [-0.3, -0.25) is 9.59 Å². The van der Waals surface area contributed by atoms with E-state index in [2.05, 4.69) is 5.32 Å². The smallest absolute Gasteiger partial charge is 0.326 e. The average Bonchev–Trinajstić information content (AvgIpc) is 3.11. The Hall–Kier alpha value is -3.81. The number of nitrogens with zero attached hydrogens (tertiary/aromatic N) is 2. The third-order valence-corrected chi connectivity index (χ3v) is 6.61. The second-order valence-corrected chi connectivity index (χ2v) is 9.30. The fourth-order valence-corrected chi connectivity index (χ4v) is 4.52. The van der Waals surface area contributed by atoms with E-state index in [-0.39, 0.29) is 24.5 Å². The highest BCUT2D eigenvalue weighted by molar-refractivity contribution is 5.96. The van der Waals surface area contributed by atoms with E-state index in [1.54, 1.807) is 43.1 Å². The number of aliphatic carboxylic acids is 1. The van der Waals surface area contributed by atoms with Crippen molar-refractivity contribution < 1.29 is 24.6 Å². The average molecular weight is 480 g/mol. The van der Waals surface area contributed by atoms with Gasteiger partial charge in [-0.2, -0.15) is 0 Å². The van der Waals surface area contributed by atoms with Gasteiger partial charge in [0, 0.05) is 45.4 Å². The number of likely N-dealkylation sites (N-methyl/N-ethyl adjacent to an activating group) is 1. The normalized spacial score (nSPS) is 18.9.